The van der Waals surface area contributed by atoms with Gasteiger partial charge < -0.3 is 0 Å². The standard InChI is InChI=1S/C31H30/c1-19-7-11-23(5)27(15-19)31(28-16-20(2)8-12-24(28)6)29-17-21(3)9-13-25(29)26-14-10-22(4)18-30(26)31/h7-18H,1-6H3. The van der Waals surface area contributed by atoms with Crippen LogP contribution in [0.3, 0.4) is 0 Å². The van der Waals surface area contributed by atoms with Crippen molar-refractivity contribution in [3.63, 3.8) is 0 Å². The minimum Gasteiger partial charge on any atom is -0.0590 e. The molecule has 0 radical (unpaired) electrons. The molecule has 1 aliphatic rings. The number of fused-ring (bicyclic) bond motifs is 3. The van der Waals surface area contributed by atoms with Crippen LogP contribution in [0.15, 0.2) is 72.8 Å². The van der Waals surface area contributed by atoms with Crippen LogP contribution >= 0.6 is 0 Å². The molecule has 0 nitrogen and oxygen atoms in total. The fraction of sp³-hybridized carbons (Fsp3) is 0.226. The van der Waals surface area contributed by atoms with E-state index in [0.717, 1.165) is 0 Å². The van der Waals surface area contributed by atoms with Gasteiger partial charge in [0.05, 0.1) is 5.41 Å². The first-order valence-corrected chi connectivity index (χ1v) is 11.2. The molecular formula is C31H30. The van der Waals surface area contributed by atoms with Crippen LogP contribution in [-0.2, 0) is 5.41 Å². The molecule has 0 saturated carbocycles. The summed E-state index contributed by atoms with van der Waals surface area (Å²) in [7, 11) is 0. The second-order valence-corrected chi connectivity index (χ2v) is 9.48. The molecule has 0 aliphatic heterocycles. The molecule has 0 fully saturated rings. The summed E-state index contributed by atoms with van der Waals surface area (Å²) in [6, 6.07) is 27.9. The van der Waals surface area contributed by atoms with Crippen molar-refractivity contribution in [2.75, 3.05) is 0 Å². The summed E-state index contributed by atoms with van der Waals surface area (Å²) in [5, 5.41) is 0. The minimum absolute atomic E-state index is 0.311. The van der Waals surface area contributed by atoms with Crippen LogP contribution in [-0.4, -0.2) is 0 Å². The fourth-order valence-electron chi connectivity index (χ4n) is 5.56. The molecular weight excluding hydrogens is 372 g/mol. The number of hydrogen-bond donors (Lipinski definition) is 0. The smallest absolute Gasteiger partial charge is 0.0590 e. The van der Waals surface area contributed by atoms with Gasteiger partial charge in [0.25, 0.3) is 0 Å². The van der Waals surface area contributed by atoms with E-state index in [1.54, 1.807) is 0 Å². The first kappa shape index (κ1) is 19.8. The van der Waals surface area contributed by atoms with Gasteiger partial charge in [-0.15, -0.1) is 0 Å². The third-order valence-electron chi connectivity index (χ3n) is 7.04. The van der Waals surface area contributed by atoms with Crippen LogP contribution < -0.4 is 0 Å². The molecule has 0 heterocycles. The Bertz CT molecular complexity index is 1230. The van der Waals surface area contributed by atoms with Gasteiger partial charge in [0.15, 0.2) is 0 Å². The molecule has 0 spiro atoms. The average molecular weight is 403 g/mol. The molecule has 1 aliphatic carbocycles. The minimum atomic E-state index is -0.311. The first-order chi connectivity index (χ1) is 14.8. The highest BCUT2D eigenvalue weighted by Gasteiger charge is 2.47. The average Bonchev–Trinajstić information content (AvgIpc) is 3.01. The van der Waals surface area contributed by atoms with E-state index in [9.17, 15) is 0 Å². The lowest BCUT2D eigenvalue weighted by molar-refractivity contribution is 0.750. The Morgan fingerprint density at radius 2 is 0.710 bits per heavy atom. The van der Waals surface area contributed by atoms with Crippen molar-refractivity contribution < 1.29 is 0 Å². The maximum absolute atomic E-state index is 2.42. The zero-order chi connectivity index (χ0) is 21.9. The number of benzene rings is 4. The number of aryl methyl sites for hydroxylation is 6. The van der Waals surface area contributed by atoms with Crippen LogP contribution in [0.4, 0.5) is 0 Å². The van der Waals surface area contributed by atoms with E-state index in [1.165, 1.54) is 66.8 Å². The highest BCUT2D eigenvalue weighted by Crippen LogP contribution is 2.57. The molecule has 0 N–H and O–H groups in total. The van der Waals surface area contributed by atoms with Gasteiger partial charge in [-0.2, -0.15) is 0 Å². The second kappa shape index (κ2) is 6.95. The molecule has 4 aromatic rings. The SMILES string of the molecule is Cc1ccc(C)c(C2(c3cc(C)ccc3C)c3cc(C)ccc3-c3ccc(C)cc32)c1. The van der Waals surface area contributed by atoms with E-state index < -0.39 is 0 Å². The predicted molar refractivity (Wildman–Crippen MR) is 132 cm³/mol. The van der Waals surface area contributed by atoms with Gasteiger partial charge in [-0.1, -0.05) is 95.1 Å². The molecule has 0 atom stereocenters. The Balaban J connectivity index is 2.06. The van der Waals surface area contributed by atoms with Gasteiger partial charge in [0.2, 0.25) is 0 Å². The fourth-order valence-corrected chi connectivity index (χ4v) is 5.56. The Morgan fingerprint density at radius 1 is 0.387 bits per heavy atom. The van der Waals surface area contributed by atoms with Gasteiger partial charge in [0.1, 0.15) is 0 Å². The summed E-state index contributed by atoms with van der Waals surface area (Å²) in [5.41, 5.74) is 16.0. The van der Waals surface area contributed by atoms with Crippen LogP contribution in [0.2, 0.25) is 0 Å². The van der Waals surface area contributed by atoms with Gasteiger partial charge in [0, 0.05) is 0 Å². The zero-order valence-electron chi connectivity index (χ0n) is 19.4. The second-order valence-electron chi connectivity index (χ2n) is 9.48. The van der Waals surface area contributed by atoms with Gasteiger partial charge in [-0.3, -0.25) is 0 Å². The van der Waals surface area contributed by atoms with E-state index >= 15 is 0 Å². The van der Waals surface area contributed by atoms with E-state index in [-0.39, 0.29) is 5.41 Å². The summed E-state index contributed by atoms with van der Waals surface area (Å²) in [6.45, 7) is 13.4. The zero-order valence-corrected chi connectivity index (χ0v) is 19.4. The quantitative estimate of drug-likeness (QED) is 0.281. The normalized spacial score (nSPS) is 13.7. The summed E-state index contributed by atoms with van der Waals surface area (Å²) >= 11 is 0. The molecule has 0 amide bonds. The summed E-state index contributed by atoms with van der Waals surface area (Å²) in [5.74, 6) is 0. The lowest BCUT2D eigenvalue weighted by atomic mass is 9.64. The van der Waals surface area contributed by atoms with Crippen molar-refractivity contribution in [3.05, 3.63) is 128 Å². The number of rotatable bonds is 2. The number of hydrogen-bond acceptors (Lipinski definition) is 0. The summed E-state index contributed by atoms with van der Waals surface area (Å²) < 4.78 is 0. The van der Waals surface area contributed by atoms with Crippen molar-refractivity contribution in [2.45, 2.75) is 47.0 Å². The molecule has 0 saturated heterocycles. The van der Waals surface area contributed by atoms with Crippen molar-refractivity contribution in [1.29, 1.82) is 0 Å². The van der Waals surface area contributed by atoms with Crippen LogP contribution in [0.1, 0.15) is 55.6 Å². The van der Waals surface area contributed by atoms with Crippen LogP contribution in [0.5, 0.6) is 0 Å². The molecule has 5 rings (SSSR count). The largest absolute Gasteiger partial charge is 0.0719 e. The predicted octanol–water partition coefficient (Wildman–Crippen LogP) is 7.90. The summed E-state index contributed by atoms with van der Waals surface area (Å²) in [4.78, 5) is 0. The maximum Gasteiger partial charge on any atom is 0.0719 e. The van der Waals surface area contributed by atoms with Crippen molar-refractivity contribution in [2.24, 2.45) is 0 Å². The molecule has 154 valence electrons. The Labute approximate surface area is 186 Å². The van der Waals surface area contributed by atoms with Crippen LogP contribution in [0.25, 0.3) is 11.1 Å². The van der Waals surface area contributed by atoms with E-state index in [0.29, 0.717) is 0 Å². The monoisotopic (exact) mass is 402 g/mol. The highest BCUT2D eigenvalue weighted by atomic mass is 14.5. The molecule has 0 heteroatoms. The third-order valence-corrected chi connectivity index (χ3v) is 7.04. The van der Waals surface area contributed by atoms with Crippen LogP contribution in [0, 0.1) is 41.5 Å². The lowest BCUT2D eigenvalue weighted by Gasteiger charge is -2.37. The van der Waals surface area contributed by atoms with Crippen molar-refractivity contribution in [1.82, 2.24) is 0 Å². The molecule has 31 heavy (non-hydrogen) atoms. The topological polar surface area (TPSA) is 0 Å². The molecule has 0 aromatic heterocycles. The summed E-state index contributed by atoms with van der Waals surface area (Å²) in [6.07, 6.45) is 0. The van der Waals surface area contributed by atoms with Gasteiger partial charge in [-0.25, -0.2) is 0 Å². The van der Waals surface area contributed by atoms with Crippen molar-refractivity contribution in [3.8, 4) is 11.1 Å². The van der Waals surface area contributed by atoms with Gasteiger partial charge >= 0.3 is 0 Å². The Kier molecular flexibility index (Phi) is 4.45. The Hall–Kier alpha value is -3.12. The van der Waals surface area contributed by atoms with E-state index in [2.05, 4.69) is 114 Å². The molecule has 0 bridgehead atoms. The molecule has 0 unspecified atom stereocenters. The third kappa shape index (κ3) is 2.82. The van der Waals surface area contributed by atoms with Gasteiger partial charge in [-0.05, 0) is 86.1 Å². The maximum atomic E-state index is 2.42. The molecule has 4 aromatic carbocycles. The van der Waals surface area contributed by atoms with Crippen molar-refractivity contribution >= 4 is 0 Å². The Morgan fingerprint density at radius 3 is 1.10 bits per heavy atom. The lowest BCUT2D eigenvalue weighted by Crippen LogP contribution is -2.31. The van der Waals surface area contributed by atoms with E-state index in [1.807, 2.05) is 0 Å². The van der Waals surface area contributed by atoms with E-state index in [4.69, 9.17) is 0 Å². The highest BCUT2D eigenvalue weighted by molar-refractivity contribution is 5.87. The first-order valence-electron chi connectivity index (χ1n) is 11.2.